The third kappa shape index (κ3) is 34.9. The fourth-order valence-electron chi connectivity index (χ4n) is 16.0. The van der Waals surface area contributed by atoms with Crippen molar-refractivity contribution in [3.63, 3.8) is 0 Å². The molecule has 14 rings (SSSR count). The minimum atomic E-state index is -5.66. The first kappa shape index (κ1) is 128. The van der Waals surface area contributed by atoms with E-state index in [-0.39, 0.29) is 145 Å². The number of Topliss-reactive ketones (excluding diaryl/α,β-unsaturated/α-hetero) is 1. The number of thiophene rings is 1. The van der Waals surface area contributed by atoms with Gasteiger partial charge in [0.25, 0.3) is 17.9 Å². The summed E-state index contributed by atoms with van der Waals surface area (Å²) in [6.07, 6.45) is 14.4. The number of aliphatic hydroxyl groups excluding tert-OH is 2. The number of allylic oxidation sites excluding steroid dienone is 2. The number of likely N-dealkylation sites (N-methyl/N-ethyl adjacent to an activating group) is 1. The first-order chi connectivity index (χ1) is 68.0. The molecule has 5 aliphatic heterocycles. The van der Waals surface area contributed by atoms with E-state index in [0.29, 0.717) is 48.9 Å². The molecule has 804 valence electrons. The monoisotopic (exact) mass is 2250 g/mol. The van der Waals surface area contributed by atoms with Crippen molar-refractivity contribution in [2.24, 2.45) is 35.8 Å². The summed E-state index contributed by atoms with van der Waals surface area (Å²) in [6, 6.07) is 29.5. The quantitative estimate of drug-likeness (QED) is 0.00242. The number of ketones is 2. The van der Waals surface area contributed by atoms with Crippen LogP contribution in [0, 0.1) is 40.7 Å². The molecule has 4 aromatic heterocycles. The number of aryl methyl sites for hydroxylation is 1. The predicted molar refractivity (Wildman–Crippen MR) is 558 cm³/mol. The molecule has 11 atom stereocenters. The molecule has 40 nitrogen and oxygen atoms in total. The maximum atomic E-state index is 14.4. The maximum Gasteiger partial charge on any atom is 1.00 e. The number of methoxy groups -OCH3 is 1. The van der Waals surface area contributed by atoms with E-state index < -0.39 is 120 Å². The molecule has 9 heterocycles. The van der Waals surface area contributed by atoms with Crippen LogP contribution in [0.15, 0.2) is 186 Å². The zero-order valence-electron chi connectivity index (χ0n) is 85.4. The molecule has 14 N–H and O–H groups in total. The Balaban J connectivity index is 0.000000363. The number of amides is 2. The number of hydrogen-bond donors (Lipinski definition) is 14. The average molecular weight is 2250 g/mol. The van der Waals surface area contributed by atoms with E-state index in [9.17, 15) is 89.0 Å². The van der Waals surface area contributed by atoms with Gasteiger partial charge in [-0.15, -0.1) is 36.2 Å². The van der Waals surface area contributed by atoms with Gasteiger partial charge in [-0.25, -0.2) is 9.36 Å². The number of aliphatic hydroxyl groups is 3. The molecule has 48 heteroatoms. The number of halogens is 3. The van der Waals surface area contributed by atoms with Crippen LogP contribution in [0.25, 0.3) is 31.3 Å². The summed E-state index contributed by atoms with van der Waals surface area (Å²) in [4.78, 5) is 125. The largest absolute Gasteiger partial charge is 1.00 e. The van der Waals surface area contributed by atoms with E-state index in [2.05, 4.69) is 40.7 Å². The van der Waals surface area contributed by atoms with Crippen molar-refractivity contribution in [1.82, 2.24) is 40.2 Å². The minimum absolute atomic E-state index is 0. The number of hydrazone groups is 1. The number of aromatic nitrogens is 2. The van der Waals surface area contributed by atoms with Crippen molar-refractivity contribution >= 4 is 125 Å². The van der Waals surface area contributed by atoms with Gasteiger partial charge in [-0.05, 0) is 169 Å². The first-order valence-corrected chi connectivity index (χ1v) is 51.4. The molecule has 2 unspecified atom stereocenters. The Hall–Kier alpha value is -10.3. The molecule has 2 fully saturated rings. The number of benzene rings is 5. The van der Waals surface area contributed by atoms with Gasteiger partial charge in [0.1, 0.15) is 65.8 Å². The molecule has 5 bridgehead atoms. The number of fused-ring (bicyclic) bond motifs is 15. The number of likely N-dealkylation sites (tertiary alicyclic amines) is 1. The Kier molecular flexibility index (Phi) is 51.0. The number of carbonyl (C=O) groups is 5. The van der Waals surface area contributed by atoms with Crippen molar-refractivity contribution in [3.05, 3.63) is 231 Å². The van der Waals surface area contributed by atoms with Gasteiger partial charge in [0.15, 0.2) is 36.9 Å². The van der Waals surface area contributed by atoms with Gasteiger partial charge in [-0.1, -0.05) is 58.4 Å². The Bertz CT molecular complexity index is 6190. The summed E-state index contributed by atoms with van der Waals surface area (Å²) < 4.78 is 64.8. The topological polar surface area (TPSA) is 558 Å². The van der Waals surface area contributed by atoms with Gasteiger partial charge >= 0.3 is 55.0 Å². The van der Waals surface area contributed by atoms with Gasteiger partial charge < -0.3 is 145 Å². The van der Waals surface area contributed by atoms with Crippen molar-refractivity contribution in [2.75, 3.05) is 119 Å². The third-order valence-corrected chi connectivity index (χ3v) is 30.1. The summed E-state index contributed by atoms with van der Waals surface area (Å²) in [5.41, 5.74) is 1.74. The number of carbonyl (C=O) groups excluding carboxylic acids is 5. The Morgan fingerprint density at radius 3 is 2.09 bits per heavy atom. The fourth-order valence-corrected chi connectivity index (χ4v) is 20.0. The van der Waals surface area contributed by atoms with Crippen LogP contribution in [-0.4, -0.2) is 275 Å². The Labute approximate surface area is 912 Å². The van der Waals surface area contributed by atoms with E-state index in [1.807, 2.05) is 81.4 Å². The van der Waals surface area contributed by atoms with E-state index >= 15 is 0 Å². The molecule has 0 spiro atoms. The van der Waals surface area contributed by atoms with Gasteiger partial charge in [0.2, 0.25) is 11.3 Å². The fraction of sp³-hybridized carbons (Fsp3) is 0.420. The normalized spacial score (nSPS) is 20.8. The van der Waals surface area contributed by atoms with Gasteiger partial charge in [-0.2, -0.15) is 16.9 Å². The third-order valence-electron chi connectivity index (χ3n) is 24.2. The van der Waals surface area contributed by atoms with Crippen molar-refractivity contribution < 1.29 is 182 Å². The number of rotatable bonds is 26. The SMILES string of the molecule is CN(C)C(=O)Oc1ccc[n+](C)c1.CN/C(=C/[N+](=O)[O-])NCCSCc1ccc(CN(C)C)o1.CO[C@H]1/C=C/O[C@@]2(C)Oc3c(C)c(O)c4c(O)c(c(/C=N/N5CCN(C)CC5)c(O)c4c3C2=O)NC(=O)/C(C)=C\C=C\[C@H](C)[C@H](O)[C@@H](C)[C@@H](O)[C@@H](C)[C@H](OC(C)=O)[C@@H]1C.Cl.Cl.O=C(c1ccc(OCCN2CCCCC2)cc1)c1c(-c2ccc(O)cc2)sc2cc(O)ccc12.O=P([O-])(O)C(O)(Cc1cccnc1)P(=O)(O)O.[Br-].[Na+]. The summed E-state index contributed by atoms with van der Waals surface area (Å²) in [6.45, 7) is 20.4. The number of phenols is 5. The summed E-state index contributed by atoms with van der Waals surface area (Å²) in [5, 5.41) is 109. The van der Waals surface area contributed by atoms with E-state index in [1.165, 1.54) is 113 Å². The number of piperazine rings is 1. The number of aromatic hydroxyl groups is 5. The minimum Gasteiger partial charge on any atom is -1.00 e. The van der Waals surface area contributed by atoms with Crippen molar-refractivity contribution in [2.45, 2.75) is 129 Å². The number of esters is 1. The smallest absolute Gasteiger partial charge is 1.00 e. The van der Waals surface area contributed by atoms with E-state index in [4.69, 9.17) is 47.5 Å². The van der Waals surface area contributed by atoms with Gasteiger partial charge in [0, 0.05) is 178 Å². The molecule has 148 heavy (non-hydrogen) atoms. The second kappa shape index (κ2) is 58.9. The van der Waals surface area contributed by atoms with Crippen LogP contribution >= 0.6 is 63.1 Å². The van der Waals surface area contributed by atoms with E-state index in [0.717, 1.165) is 101 Å². The van der Waals surface area contributed by atoms with Crippen molar-refractivity contribution in [1.29, 1.82) is 0 Å². The van der Waals surface area contributed by atoms with Gasteiger partial charge in [-0.3, -0.25) is 48.8 Å². The summed E-state index contributed by atoms with van der Waals surface area (Å²) in [7, 11) is 3.09. The molecule has 0 radical (unpaired) electrons. The Morgan fingerprint density at radius 2 is 1.49 bits per heavy atom. The number of nitrogens with zero attached hydrogens (tertiary/aromatic N) is 9. The molecule has 0 aliphatic carbocycles. The summed E-state index contributed by atoms with van der Waals surface area (Å²) in [5.74, 6) is -2.84. The second-order valence-electron chi connectivity index (χ2n) is 35.8. The van der Waals surface area contributed by atoms with Crippen LogP contribution in [-0.2, 0) is 58.7 Å². The number of ether oxygens (including phenoxy) is 6. The van der Waals surface area contributed by atoms with E-state index in [1.54, 1.807) is 132 Å². The van der Waals surface area contributed by atoms with Crippen LogP contribution in [0.2, 0.25) is 0 Å². The van der Waals surface area contributed by atoms with Crippen LogP contribution in [0.5, 0.6) is 46.0 Å². The van der Waals surface area contributed by atoms with Crippen LogP contribution in [0.4, 0.5) is 10.5 Å². The number of piperidine rings is 1. The molecular weight excluding hydrogens is 2120 g/mol. The zero-order valence-corrected chi connectivity index (χ0v) is 94.0. The molecule has 2 saturated heterocycles. The number of hydrogen-bond acceptors (Lipinski definition) is 35. The van der Waals surface area contributed by atoms with Crippen LogP contribution in [0.3, 0.4) is 0 Å². The number of pyridine rings is 2. The molecule has 5 aromatic carbocycles. The van der Waals surface area contributed by atoms with Crippen molar-refractivity contribution in [3.8, 4) is 56.4 Å². The molecule has 2 amide bonds. The number of furan rings is 1. The molecule has 5 aliphatic rings. The number of phenolic OH excluding ortho intramolecular Hbond substituents is 5. The standard InChI is InChI=1S/C43H58N4O12.C28H27NO4S.C13H22N4O3S.C9H13N2O2.C7H11NO7P2.BrH.2ClH.Na/c1-21-12-11-13-22(2)42(55)45-33-28(20-44-47-17-15-46(9)16-18-47)37(52)30-31(38(33)53)36(51)26(6)40-32(30)41(54)43(8,59-40)57-19-14-29(56-10)23(3)39(58-27(7)48)25(5)35(50)24(4)34(21)49;30-21-8-4-20(5-9-21)28-26(24-13-10-22(31)18-25(24)34-28)27(32)19-6-11-23(12-7-19)33-17-16-29-14-2-1-3-15-29;1-14-13(9-17(18)19)15-6-7-21-10-12-5-4-11(20-12)8-16(2)3;1-10(2)9(12)13-8-5-4-6-11(3)7-8;9-7(16(10,11)12,17(13,14)15)4-6-2-1-3-8-5-6;;;;/h11-14,19-21,23-25,29,34-35,39,49-53H,15-18H2,1-10H3,(H,45,55);4-13,18,30-31H,1-3,14-17H2;4-5,9,14-15H,6-8,10H2,1-3H3;4-7H,1-3H3;1-3,5,9H,4H2,(H2,10,11,12)(H2,13,14,15);3*1H;/q;;;+1;;;;;+1/p-2/b12-11+,19-14+,22-13-,44-20+;;13-9-;;;;;;/t21-,23+,24+,25+,29-,34-,35+,39+,43-;;;;;;;;/m0......../s1. The Morgan fingerprint density at radius 1 is 0.838 bits per heavy atom. The van der Waals surface area contributed by atoms with Gasteiger partial charge in [0.05, 0.1) is 70.2 Å². The number of nitrogens with one attached hydrogen (secondary N) is 3. The molecule has 9 aromatic rings. The zero-order chi connectivity index (χ0) is 106. The maximum absolute atomic E-state index is 14.4. The average Bonchev–Trinajstić information content (AvgIpc) is 1.48. The number of thioether (sulfide) groups is 1. The van der Waals surface area contributed by atoms with Crippen LogP contribution < -0.4 is 86.2 Å². The molecular formula is C100H132BrCl2N12NaO28P2S2. The number of anilines is 1. The summed E-state index contributed by atoms with van der Waals surface area (Å²) >= 11 is 3.17. The predicted octanol–water partition coefficient (Wildman–Crippen LogP) is 6.29. The first-order valence-electron chi connectivity index (χ1n) is 46.2. The number of nitro groups is 1. The van der Waals surface area contributed by atoms with Crippen LogP contribution in [0.1, 0.15) is 122 Å². The molecule has 0 saturated carbocycles. The second-order valence-corrected chi connectivity index (χ2v) is 41.9.